The van der Waals surface area contributed by atoms with Gasteiger partial charge in [0.2, 0.25) is 0 Å². The maximum absolute atomic E-state index is 12.1. The van der Waals surface area contributed by atoms with Crippen LogP contribution < -0.4 is 15.4 Å². The van der Waals surface area contributed by atoms with Crippen LogP contribution in [0.15, 0.2) is 29.3 Å². The highest BCUT2D eigenvalue weighted by Gasteiger charge is 2.25. The van der Waals surface area contributed by atoms with Crippen molar-refractivity contribution in [2.24, 2.45) is 4.99 Å². The summed E-state index contributed by atoms with van der Waals surface area (Å²) in [5, 5.41) is 7.18. The lowest BCUT2D eigenvalue weighted by molar-refractivity contribution is 0.309. The second-order valence-corrected chi connectivity index (χ2v) is 8.77. The first-order valence-electron chi connectivity index (χ1n) is 9.66. The Hall–Kier alpha value is -0.830. The van der Waals surface area contributed by atoms with E-state index < -0.39 is 10.8 Å². The number of rotatable bonds is 8. The topological polar surface area (TPSA) is 62.7 Å². The number of para-hydroxylation sites is 1. The van der Waals surface area contributed by atoms with Crippen molar-refractivity contribution in [1.82, 2.24) is 10.6 Å². The third-order valence-corrected chi connectivity index (χ3v) is 6.55. The van der Waals surface area contributed by atoms with E-state index in [1.54, 1.807) is 7.05 Å². The Morgan fingerprint density at radius 2 is 2.11 bits per heavy atom. The summed E-state index contributed by atoms with van der Waals surface area (Å²) >= 11 is 0. The van der Waals surface area contributed by atoms with E-state index in [2.05, 4.69) is 28.6 Å². The van der Waals surface area contributed by atoms with E-state index in [4.69, 9.17) is 4.74 Å². The second kappa shape index (κ2) is 13.4. The van der Waals surface area contributed by atoms with Crippen LogP contribution in [0.1, 0.15) is 44.6 Å². The fraction of sp³-hybridized carbons (Fsp3) is 0.650. The predicted octanol–water partition coefficient (Wildman–Crippen LogP) is 3.63. The van der Waals surface area contributed by atoms with Gasteiger partial charge in [-0.2, -0.15) is 0 Å². The number of hydrogen-bond donors (Lipinski definition) is 2. The van der Waals surface area contributed by atoms with E-state index in [-0.39, 0.29) is 24.0 Å². The zero-order valence-electron chi connectivity index (χ0n) is 16.7. The van der Waals surface area contributed by atoms with Crippen LogP contribution in [-0.2, 0) is 10.8 Å². The molecule has 1 saturated carbocycles. The minimum Gasteiger partial charge on any atom is -0.493 e. The van der Waals surface area contributed by atoms with Crippen molar-refractivity contribution in [3.8, 4) is 5.75 Å². The number of hydrogen-bond acceptors (Lipinski definition) is 3. The Morgan fingerprint density at radius 1 is 1.33 bits per heavy atom. The van der Waals surface area contributed by atoms with Gasteiger partial charge in [0.25, 0.3) is 0 Å². The first-order chi connectivity index (χ1) is 12.6. The van der Waals surface area contributed by atoms with Crippen molar-refractivity contribution in [3.05, 3.63) is 29.8 Å². The van der Waals surface area contributed by atoms with Crippen molar-refractivity contribution in [1.29, 1.82) is 0 Å². The normalized spacial score (nSPS) is 21.1. The summed E-state index contributed by atoms with van der Waals surface area (Å²) < 4.78 is 17.9. The standard InChI is InChI=1S/C20H33N3O2S.HI/c1-4-26(24)18-11-7-10-17(15-18)23-20(21-3)22-13-8-14-25-19-12-6-5-9-16(19)2;/h5-6,9,12,17-18H,4,7-8,10-11,13-15H2,1-3H3,(H2,21,22,23);1H. The van der Waals surface area contributed by atoms with E-state index in [1.807, 2.05) is 25.1 Å². The molecular formula is C20H34IN3O2S. The van der Waals surface area contributed by atoms with Gasteiger partial charge in [0.15, 0.2) is 5.96 Å². The van der Waals surface area contributed by atoms with Crippen LogP contribution in [0.2, 0.25) is 0 Å². The molecule has 27 heavy (non-hydrogen) atoms. The number of nitrogens with one attached hydrogen (secondary N) is 2. The van der Waals surface area contributed by atoms with Crippen molar-refractivity contribution in [3.63, 3.8) is 0 Å². The molecule has 154 valence electrons. The Balaban J connectivity index is 0.00000364. The van der Waals surface area contributed by atoms with Gasteiger partial charge in [-0.1, -0.05) is 31.5 Å². The first kappa shape index (κ1) is 24.2. The summed E-state index contributed by atoms with van der Waals surface area (Å²) in [7, 11) is 1.10. The van der Waals surface area contributed by atoms with E-state index in [0.29, 0.717) is 17.9 Å². The highest BCUT2D eigenvalue weighted by atomic mass is 127. The third-order valence-electron chi connectivity index (χ3n) is 4.81. The molecule has 0 radical (unpaired) electrons. The smallest absolute Gasteiger partial charge is 0.191 e. The van der Waals surface area contributed by atoms with Crippen molar-refractivity contribution in [2.45, 2.75) is 57.2 Å². The minimum atomic E-state index is -0.696. The van der Waals surface area contributed by atoms with Crippen LogP contribution in [0, 0.1) is 6.92 Å². The maximum Gasteiger partial charge on any atom is 0.191 e. The summed E-state index contributed by atoms with van der Waals surface area (Å²) in [4.78, 5) is 4.32. The van der Waals surface area contributed by atoms with Gasteiger partial charge in [-0.25, -0.2) is 0 Å². The second-order valence-electron chi connectivity index (χ2n) is 6.77. The van der Waals surface area contributed by atoms with Crippen LogP contribution in [0.25, 0.3) is 0 Å². The Bertz CT molecular complexity index is 613. The van der Waals surface area contributed by atoms with Gasteiger partial charge in [-0.15, -0.1) is 24.0 Å². The number of benzene rings is 1. The van der Waals surface area contributed by atoms with Crippen LogP contribution >= 0.6 is 24.0 Å². The molecule has 0 spiro atoms. The molecule has 1 aliphatic rings. The number of aryl methyl sites for hydroxylation is 1. The largest absolute Gasteiger partial charge is 0.493 e. The summed E-state index contributed by atoms with van der Waals surface area (Å²) in [6, 6.07) is 8.44. The molecule has 3 atom stereocenters. The van der Waals surface area contributed by atoms with Crippen molar-refractivity contribution >= 4 is 40.7 Å². The number of guanidine groups is 1. The molecule has 5 nitrogen and oxygen atoms in total. The van der Waals surface area contributed by atoms with E-state index in [1.165, 1.54) is 0 Å². The molecule has 3 unspecified atom stereocenters. The van der Waals surface area contributed by atoms with Gasteiger partial charge in [-0.05, 0) is 44.2 Å². The average Bonchev–Trinajstić information content (AvgIpc) is 2.67. The van der Waals surface area contributed by atoms with Crippen LogP contribution in [0.5, 0.6) is 5.75 Å². The van der Waals surface area contributed by atoms with Gasteiger partial charge in [-0.3, -0.25) is 9.20 Å². The molecule has 0 aliphatic heterocycles. The fourth-order valence-corrected chi connectivity index (χ4v) is 4.67. The SMILES string of the molecule is CCS(=O)C1CCCC(NC(=NC)NCCCOc2ccccc2C)C1.I. The molecule has 1 aromatic rings. The van der Waals surface area contributed by atoms with Gasteiger partial charge < -0.3 is 15.4 Å². The molecule has 1 aromatic carbocycles. The summed E-state index contributed by atoms with van der Waals surface area (Å²) in [5.74, 6) is 2.53. The quantitative estimate of drug-likeness (QED) is 0.244. The molecule has 0 amide bonds. The van der Waals surface area contributed by atoms with Gasteiger partial charge in [0.1, 0.15) is 5.75 Å². The lowest BCUT2D eigenvalue weighted by atomic mass is 9.95. The zero-order chi connectivity index (χ0) is 18.8. The van der Waals surface area contributed by atoms with Crippen molar-refractivity contribution in [2.75, 3.05) is 26.0 Å². The summed E-state index contributed by atoms with van der Waals surface area (Å²) in [6.45, 7) is 5.55. The molecule has 7 heteroatoms. The Kier molecular flexibility index (Phi) is 12.0. The molecule has 0 saturated heterocycles. The minimum absolute atomic E-state index is 0. The zero-order valence-corrected chi connectivity index (χ0v) is 19.8. The number of aliphatic imine (C=N–C) groups is 1. The lowest BCUT2D eigenvalue weighted by Gasteiger charge is -2.30. The number of nitrogens with zero attached hydrogens (tertiary/aromatic N) is 1. The monoisotopic (exact) mass is 507 g/mol. The maximum atomic E-state index is 12.1. The molecular weight excluding hydrogens is 473 g/mol. The lowest BCUT2D eigenvalue weighted by Crippen LogP contribution is -2.47. The van der Waals surface area contributed by atoms with Crippen molar-refractivity contribution < 1.29 is 8.95 Å². The number of halogens is 1. The summed E-state index contributed by atoms with van der Waals surface area (Å²) in [5.41, 5.74) is 1.16. The average molecular weight is 507 g/mol. The third kappa shape index (κ3) is 8.37. The molecule has 0 heterocycles. The van der Waals surface area contributed by atoms with E-state index in [9.17, 15) is 4.21 Å². The highest BCUT2D eigenvalue weighted by molar-refractivity contribution is 14.0. The van der Waals surface area contributed by atoms with E-state index >= 15 is 0 Å². The Labute approximate surface area is 183 Å². The first-order valence-corrected chi connectivity index (χ1v) is 11.0. The molecule has 1 aliphatic carbocycles. The predicted molar refractivity (Wildman–Crippen MR) is 126 cm³/mol. The Morgan fingerprint density at radius 3 is 2.81 bits per heavy atom. The highest BCUT2D eigenvalue weighted by Crippen LogP contribution is 2.23. The fourth-order valence-electron chi connectivity index (χ4n) is 3.32. The van der Waals surface area contributed by atoms with E-state index in [0.717, 1.165) is 61.7 Å². The van der Waals surface area contributed by atoms with Gasteiger partial charge in [0.05, 0.1) is 6.61 Å². The number of ether oxygens (including phenoxy) is 1. The summed E-state index contributed by atoms with van der Waals surface area (Å²) in [6.07, 6.45) is 5.21. The molecule has 1 fully saturated rings. The van der Waals surface area contributed by atoms with Crippen LogP contribution in [-0.4, -0.2) is 47.4 Å². The van der Waals surface area contributed by atoms with Gasteiger partial charge in [0, 0.05) is 41.4 Å². The molecule has 0 bridgehead atoms. The molecule has 0 aromatic heterocycles. The molecule has 2 rings (SSSR count). The van der Waals surface area contributed by atoms with Crippen LogP contribution in [0.3, 0.4) is 0 Å². The van der Waals surface area contributed by atoms with Gasteiger partial charge >= 0.3 is 0 Å². The molecule has 2 N–H and O–H groups in total. The van der Waals surface area contributed by atoms with Crippen LogP contribution in [0.4, 0.5) is 0 Å².